The van der Waals surface area contributed by atoms with Crippen LogP contribution in [0.4, 0.5) is 0 Å². The molecule has 0 aromatic rings. The quantitative estimate of drug-likeness (QED) is 0.0816. The molecule has 3 saturated heterocycles. The average Bonchev–Trinajstić information content (AvgIpc) is 3.03. The van der Waals surface area contributed by atoms with Gasteiger partial charge in [0, 0.05) is 0 Å². The van der Waals surface area contributed by atoms with Crippen molar-refractivity contribution >= 4 is 0 Å². The summed E-state index contributed by atoms with van der Waals surface area (Å²) in [5, 5.41) is 151. The SMILES string of the molecule is OC[C@H](O)[C@@H](O)[C@H](O)[C@H](O)CO[C@@H]1O[C@H](CO)[C@@H](O)[C@H](O[C@H]2O[C@H](CO)[C@@H](O)[C@H](O[C@H]3O[C@H](CO)[C@H](O)[C@H](O)[C@H]3O)[C@@H]2O)[C@H]1O. The number of aliphatic hydroxyl groups excluding tert-OH is 15. The van der Waals surface area contributed by atoms with Crippen molar-refractivity contribution < 1.29 is 105 Å². The van der Waals surface area contributed by atoms with Gasteiger partial charge in [-0.3, -0.25) is 0 Å². The maximum Gasteiger partial charge on any atom is 0.187 e. The third kappa shape index (κ3) is 8.61. The van der Waals surface area contributed by atoms with Crippen LogP contribution in [0.1, 0.15) is 0 Å². The van der Waals surface area contributed by atoms with Crippen LogP contribution in [0.2, 0.25) is 0 Å². The van der Waals surface area contributed by atoms with Crippen molar-refractivity contribution in [2.75, 3.05) is 33.0 Å². The Morgan fingerprint density at radius 2 is 0.867 bits per heavy atom. The Balaban J connectivity index is 1.74. The summed E-state index contributed by atoms with van der Waals surface area (Å²) in [6, 6.07) is 0. The third-order valence-corrected chi connectivity index (χ3v) is 7.83. The molecule has 19 atom stereocenters. The molecule has 0 radical (unpaired) electrons. The Bertz CT molecular complexity index is 871. The minimum atomic E-state index is -2.04. The maximum absolute atomic E-state index is 11.0. The van der Waals surface area contributed by atoms with Crippen LogP contribution in [0.15, 0.2) is 0 Å². The molecule has 45 heavy (non-hydrogen) atoms. The van der Waals surface area contributed by atoms with Gasteiger partial charge in [0.15, 0.2) is 18.9 Å². The number of aliphatic hydroxyl groups is 15. The van der Waals surface area contributed by atoms with Gasteiger partial charge in [-0.1, -0.05) is 0 Å². The first-order chi connectivity index (χ1) is 21.2. The summed E-state index contributed by atoms with van der Waals surface area (Å²) < 4.78 is 32.2. The zero-order valence-corrected chi connectivity index (χ0v) is 23.7. The van der Waals surface area contributed by atoms with Crippen molar-refractivity contribution in [3.05, 3.63) is 0 Å². The van der Waals surface area contributed by atoms with E-state index >= 15 is 0 Å². The van der Waals surface area contributed by atoms with Crippen molar-refractivity contribution in [3.63, 3.8) is 0 Å². The fraction of sp³-hybridized carbons (Fsp3) is 1.00. The second kappa shape index (κ2) is 17.0. The molecule has 0 amide bonds. The van der Waals surface area contributed by atoms with Crippen LogP contribution < -0.4 is 0 Å². The summed E-state index contributed by atoms with van der Waals surface area (Å²) in [5.74, 6) is 0. The van der Waals surface area contributed by atoms with Crippen molar-refractivity contribution in [1.29, 1.82) is 0 Å². The van der Waals surface area contributed by atoms with Gasteiger partial charge < -0.3 is 105 Å². The highest BCUT2D eigenvalue weighted by Gasteiger charge is 2.54. The van der Waals surface area contributed by atoms with Crippen LogP contribution in [-0.4, -0.2) is 226 Å². The van der Waals surface area contributed by atoms with Gasteiger partial charge in [0.2, 0.25) is 0 Å². The van der Waals surface area contributed by atoms with Gasteiger partial charge >= 0.3 is 0 Å². The number of ether oxygens (including phenoxy) is 6. The van der Waals surface area contributed by atoms with E-state index in [2.05, 4.69) is 0 Å². The van der Waals surface area contributed by atoms with Crippen LogP contribution in [-0.2, 0) is 28.4 Å². The number of hydrogen-bond donors (Lipinski definition) is 15. The van der Waals surface area contributed by atoms with Crippen LogP contribution in [0.3, 0.4) is 0 Å². The Kier molecular flexibility index (Phi) is 14.6. The van der Waals surface area contributed by atoms with Gasteiger partial charge in [0.05, 0.1) is 33.0 Å². The first kappa shape index (κ1) is 38.6. The minimum absolute atomic E-state index is 0.815. The monoisotopic (exact) mass is 668 g/mol. The fourth-order valence-corrected chi connectivity index (χ4v) is 5.02. The second-order valence-corrected chi connectivity index (χ2v) is 10.9. The minimum Gasteiger partial charge on any atom is -0.394 e. The molecule has 0 saturated carbocycles. The Morgan fingerprint density at radius 1 is 0.467 bits per heavy atom. The Morgan fingerprint density at radius 3 is 1.33 bits per heavy atom. The molecule has 3 heterocycles. The van der Waals surface area contributed by atoms with E-state index < -0.39 is 150 Å². The van der Waals surface area contributed by atoms with E-state index in [0.717, 1.165) is 0 Å². The lowest BCUT2D eigenvalue weighted by Gasteiger charge is -2.48. The summed E-state index contributed by atoms with van der Waals surface area (Å²) in [4.78, 5) is 0. The van der Waals surface area contributed by atoms with Crippen molar-refractivity contribution in [2.24, 2.45) is 0 Å². The molecule has 21 nitrogen and oxygen atoms in total. The predicted molar refractivity (Wildman–Crippen MR) is 136 cm³/mol. The summed E-state index contributed by atoms with van der Waals surface area (Å²) in [7, 11) is 0. The molecule has 0 spiro atoms. The molecule has 0 bridgehead atoms. The van der Waals surface area contributed by atoms with Gasteiger partial charge in [0.25, 0.3) is 0 Å². The molecule has 0 aliphatic carbocycles. The molecule has 3 aliphatic rings. The van der Waals surface area contributed by atoms with E-state index in [9.17, 15) is 71.5 Å². The van der Waals surface area contributed by atoms with E-state index in [1.54, 1.807) is 0 Å². The van der Waals surface area contributed by atoms with Crippen molar-refractivity contribution in [3.8, 4) is 0 Å². The topological polar surface area (TPSA) is 359 Å². The molecule has 3 fully saturated rings. The van der Waals surface area contributed by atoms with Gasteiger partial charge in [-0.25, -0.2) is 0 Å². The molecule has 3 aliphatic heterocycles. The molecular weight excluding hydrogens is 624 g/mol. The highest BCUT2D eigenvalue weighted by Crippen LogP contribution is 2.32. The second-order valence-electron chi connectivity index (χ2n) is 10.9. The van der Waals surface area contributed by atoms with Crippen LogP contribution in [0, 0.1) is 0 Å². The van der Waals surface area contributed by atoms with Gasteiger partial charge in [-0.15, -0.1) is 0 Å². The first-order valence-corrected chi connectivity index (χ1v) is 14.0. The maximum atomic E-state index is 11.0. The number of hydrogen-bond acceptors (Lipinski definition) is 21. The fourth-order valence-electron chi connectivity index (χ4n) is 5.02. The van der Waals surface area contributed by atoms with Crippen molar-refractivity contribution in [2.45, 2.75) is 117 Å². The van der Waals surface area contributed by atoms with Crippen molar-refractivity contribution in [1.82, 2.24) is 0 Å². The van der Waals surface area contributed by atoms with Gasteiger partial charge in [0.1, 0.15) is 97.7 Å². The molecule has 0 aromatic heterocycles. The van der Waals surface area contributed by atoms with E-state index in [-0.39, 0.29) is 0 Å². The van der Waals surface area contributed by atoms with E-state index in [0.29, 0.717) is 0 Å². The summed E-state index contributed by atoms with van der Waals surface area (Å²) >= 11 is 0. The summed E-state index contributed by atoms with van der Waals surface area (Å²) in [5.41, 5.74) is 0. The summed E-state index contributed by atoms with van der Waals surface area (Å²) in [6.45, 7) is -4.40. The zero-order valence-electron chi connectivity index (χ0n) is 23.7. The lowest BCUT2D eigenvalue weighted by Crippen LogP contribution is -2.67. The summed E-state index contributed by atoms with van der Waals surface area (Å²) in [6.07, 6.45) is -34.8. The molecule has 21 heteroatoms. The average molecular weight is 669 g/mol. The number of rotatable bonds is 14. The molecule has 0 unspecified atom stereocenters. The molecule has 266 valence electrons. The van der Waals surface area contributed by atoms with Crippen LogP contribution >= 0.6 is 0 Å². The standard InChI is InChI=1S/C24H44O21/c25-1-6(29)11(31)12(32)7(30)5-40-22-18(38)20(14(34)9(3-27)41-22)45-24-19(39)21(15(35)10(4-28)43-24)44-23-17(37)16(36)13(33)8(2-26)42-23/h6-39H,1-5H2/t6-,7+,8+,9+,10+,11+,12+,13-,14+,15+,16-,17+,18+,19-,20-,21-,22+,23+,24+/m0/s1. The first-order valence-electron chi connectivity index (χ1n) is 14.0. The van der Waals surface area contributed by atoms with Gasteiger partial charge in [-0.05, 0) is 0 Å². The van der Waals surface area contributed by atoms with E-state index in [1.165, 1.54) is 0 Å². The molecule has 15 N–H and O–H groups in total. The largest absolute Gasteiger partial charge is 0.394 e. The molecule has 3 rings (SSSR count). The normalized spacial score (nSPS) is 45.5. The highest BCUT2D eigenvalue weighted by molar-refractivity contribution is 4.96. The Labute approximate surface area is 255 Å². The van der Waals surface area contributed by atoms with Gasteiger partial charge in [-0.2, -0.15) is 0 Å². The van der Waals surface area contributed by atoms with Crippen LogP contribution in [0.25, 0.3) is 0 Å². The smallest absolute Gasteiger partial charge is 0.187 e. The molecular formula is C24H44O21. The zero-order chi connectivity index (χ0) is 33.7. The lowest BCUT2D eigenvalue weighted by molar-refractivity contribution is -0.381. The van der Waals surface area contributed by atoms with E-state index in [4.69, 9.17) is 33.5 Å². The predicted octanol–water partition coefficient (Wildman–Crippen LogP) is -10.1. The molecule has 0 aromatic carbocycles. The third-order valence-electron chi connectivity index (χ3n) is 7.83. The Hall–Kier alpha value is -0.840. The van der Waals surface area contributed by atoms with Crippen LogP contribution in [0.5, 0.6) is 0 Å². The highest BCUT2D eigenvalue weighted by atomic mass is 16.8. The van der Waals surface area contributed by atoms with E-state index in [1.807, 2.05) is 0 Å². The lowest BCUT2D eigenvalue weighted by atomic mass is 9.96.